The average molecular weight is 356 g/mol. The van der Waals surface area contributed by atoms with E-state index in [1.54, 1.807) is 20.0 Å². The smallest absolute Gasteiger partial charge is 0.354 e. The molecule has 0 spiro atoms. The average Bonchev–Trinajstić information content (AvgIpc) is 2.63. The number of fused-ring (bicyclic) bond motifs is 1. The van der Waals surface area contributed by atoms with Gasteiger partial charge in [-0.2, -0.15) is 0 Å². The van der Waals surface area contributed by atoms with Crippen LogP contribution in [0.2, 0.25) is 0 Å². The number of nitrogens with one attached hydrogen (secondary N) is 1. The van der Waals surface area contributed by atoms with Gasteiger partial charge in [-0.3, -0.25) is 9.55 Å². The maximum Gasteiger partial charge on any atom is 0.365 e. The molecule has 5 nitrogen and oxygen atoms in total. The fraction of sp³-hybridized carbons (Fsp3) is 0.211. The van der Waals surface area contributed by atoms with Crippen molar-refractivity contribution in [1.82, 2.24) is 4.98 Å². The summed E-state index contributed by atoms with van der Waals surface area (Å²) in [4.78, 5) is 4.44. The molecule has 0 amide bonds. The number of aromatic nitrogens is 1. The van der Waals surface area contributed by atoms with Gasteiger partial charge in [0.05, 0.1) is 24.4 Å². The summed E-state index contributed by atoms with van der Waals surface area (Å²) in [5.41, 5.74) is 2.39. The van der Waals surface area contributed by atoms with Crippen LogP contribution < -0.4 is 10.6 Å². The van der Waals surface area contributed by atoms with Gasteiger partial charge >= 0.3 is 7.60 Å². The molecule has 0 fully saturated rings. The summed E-state index contributed by atoms with van der Waals surface area (Å²) in [6, 6.07) is 17.4. The van der Waals surface area contributed by atoms with E-state index >= 15 is 0 Å². The lowest BCUT2D eigenvalue weighted by Crippen LogP contribution is -2.16. The largest absolute Gasteiger partial charge is 0.365 e. The molecule has 0 saturated carbocycles. The molecule has 0 aliphatic carbocycles. The predicted molar refractivity (Wildman–Crippen MR) is 102 cm³/mol. The molecule has 1 heterocycles. The summed E-state index contributed by atoms with van der Waals surface area (Å²) in [6.07, 6.45) is 1.58. The van der Waals surface area contributed by atoms with Crippen molar-refractivity contribution in [1.29, 1.82) is 0 Å². The Morgan fingerprint density at radius 3 is 2.28 bits per heavy atom. The number of hydrogen-bond acceptors (Lipinski definition) is 5. The number of hydrogen-bond donors (Lipinski definition) is 1. The fourth-order valence-electron chi connectivity index (χ4n) is 2.65. The molecule has 0 bridgehead atoms. The summed E-state index contributed by atoms with van der Waals surface area (Å²) in [5, 5.41) is 4.67. The van der Waals surface area contributed by atoms with Crippen molar-refractivity contribution in [3.63, 3.8) is 0 Å². The van der Waals surface area contributed by atoms with Crippen molar-refractivity contribution in [2.45, 2.75) is 13.8 Å². The van der Waals surface area contributed by atoms with Crippen LogP contribution in [-0.4, -0.2) is 18.2 Å². The van der Waals surface area contributed by atoms with Gasteiger partial charge < -0.3 is 14.4 Å². The van der Waals surface area contributed by atoms with Crippen LogP contribution in [0.15, 0.2) is 60.8 Å². The van der Waals surface area contributed by atoms with E-state index in [1.165, 1.54) is 0 Å². The molecular formula is C19H21N2O3P. The summed E-state index contributed by atoms with van der Waals surface area (Å²) >= 11 is 0. The second-order valence-corrected chi connectivity index (χ2v) is 7.35. The summed E-state index contributed by atoms with van der Waals surface area (Å²) in [5.74, 6) is 0. The van der Waals surface area contributed by atoms with Gasteiger partial charge in [0.2, 0.25) is 0 Å². The Labute approximate surface area is 147 Å². The molecule has 0 aliphatic rings. The van der Waals surface area contributed by atoms with Crippen molar-refractivity contribution in [3.8, 4) is 0 Å². The maximum atomic E-state index is 13.3. The highest BCUT2D eigenvalue weighted by Crippen LogP contribution is 2.49. The Morgan fingerprint density at radius 1 is 0.960 bits per heavy atom. The van der Waals surface area contributed by atoms with Crippen LogP contribution in [0.4, 0.5) is 11.4 Å². The molecule has 0 atom stereocenters. The highest BCUT2D eigenvalue weighted by Gasteiger charge is 2.31. The lowest BCUT2D eigenvalue weighted by Gasteiger charge is -2.21. The first kappa shape index (κ1) is 17.6. The number of pyridine rings is 1. The molecule has 0 aliphatic heterocycles. The normalized spacial score (nSPS) is 11.6. The van der Waals surface area contributed by atoms with E-state index in [0.717, 1.165) is 16.6 Å². The fourth-order valence-corrected chi connectivity index (χ4v) is 4.33. The zero-order valence-corrected chi connectivity index (χ0v) is 15.2. The molecule has 1 N–H and O–H groups in total. The molecule has 0 radical (unpaired) electrons. The minimum atomic E-state index is -3.48. The highest BCUT2D eigenvalue weighted by molar-refractivity contribution is 7.62. The first-order valence-electron chi connectivity index (χ1n) is 8.27. The predicted octanol–water partition coefficient (Wildman–Crippen LogP) is 4.87. The number of nitrogens with zero attached hydrogens (tertiary/aromatic N) is 1. The first-order valence-corrected chi connectivity index (χ1v) is 9.81. The van der Waals surface area contributed by atoms with Gasteiger partial charge in [0, 0.05) is 17.3 Å². The van der Waals surface area contributed by atoms with E-state index < -0.39 is 7.60 Å². The zero-order valence-electron chi connectivity index (χ0n) is 14.3. The molecule has 0 saturated heterocycles. The van der Waals surface area contributed by atoms with Gasteiger partial charge in [-0.1, -0.05) is 36.4 Å². The molecule has 130 valence electrons. The van der Waals surface area contributed by atoms with E-state index in [1.807, 2.05) is 54.6 Å². The number of anilines is 2. The quantitative estimate of drug-likeness (QED) is 0.612. The third-order valence-corrected chi connectivity index (χ3v) is 5.82. The van der Waals surface area contributed by atoms with E-state index in [-0.39, 0.29) is 13.2 Å². The van der Waals surface area contributed by atoms with Crippen LogP contribution in [-0.2, 0) is 13.6 Å². The van der Waals surface area contributed by atoms with Crippen LogP contribution in [0.5, 0.6) is 0 Å². The van der Waals surface area contributed by atoms with E-state index in [4.69, 9.17) is 9.05 Å². The Balaban J connectivity index is 2.20. The number of benzene rings is 2. The second kappa shape index (κ2) is 7.79. The monoisotopic (exact) mass is 356 g/mol. The minimum absolute atomic E-state index is 0.287. The molecule has 6 heteroatoms. The lowest BCUT2D eigenvalue weighted by atomic mass is 10.2. The van der Waals surface area contributed by atoms with E-state index in [9.17, 15) is 4.57 Å². The van der Waals surface area contributed by atoms with E-state index in [0.29, 0.717) is 11.0 Å². The molecule has 3 rings (SSSR count). The van der Waals surface area contributed by atoms with Crippen molar-refractivity contribution < 1.29 is 13.6 Å². The molecular weight excluding hydrogens is 335 g/mol. The van der Waals surface area contributed by atoms with Gasteiger partial charge in [0.25, 0.3) is 0 Å². The number of para-hydroxylation sites is 2. The highest BCUT2D eigenvalue weighted by atomic mass is 31.2. The molecule has 1 aromatic heterocycles. The van der Waals surface area contributed by atoms with Crippen LogP contribution in [0.3, 0.4) is 0 Å². The second-order valence-electron chi connectivity index (χ2n) is 5.36. The maximum absolute atomic E-state index is 13.3. The van der Waals surface area contributed by atoms with Gasteiger partial charge in [0.1, 0.15) is 5.30 Å². The van der Waals surface area contributed by atoms with Crippen LogP contribution in [0.1, 0.15) is 13.8 Å². The SMILES string of the molecule is CCOP(=O)(OCC)c1cnc2ccccc2c1Nc1ccccc1. The van der Waals surface area contributed by atoms with Gasteiger partial charge in [-0.25, -0.2) is 0 Å². The Bertz CT molecular complexity index is 890. The number of rotatable bonds is 7. The Kier molecular flexibility index (Phi) is 5.49. The van der Waals surface area contributed by atoms with Crippen LogP contribution in [0, 0.1) is 0 Å². The van der Waals surface area contributed by atoms with Gasteiger partial charge in [0.15, 0.2) is 0 Å². The summed E-state index contributed by atoms with van der Waals surface area (Å²) in [7, 11) is -3.48. The van der Waals surface area contributed by atoms with Gasteiger partial charge in [-0.05, 0) is 32.0 Å². The van der Waals surface area contributed by atoms with Crippen molar-refractivity contribution in [2.75, 3.05) is 18.5 Å². The van der Waals surface area contributed by atoms with Crippen LogP contribution in [0.25, 0.3) is 10.9 Å². The van der Waals surface area contributed by atoms with Crippen molar-refractivity contribution >= 4 is 35.2 Å². The standard InChI is InChI=1S/C19H21N2O3P/c1-3-23-25(22,24-4-2)18-14-20-17-13-9-8-12-16(17)19(18)21-15-10-6-5-7-11-15/h5-14H,3-4H2,1-2H3,(H,20,21). The summed E-state index contributed by atoms with van der Waals surface area (Å²) < 4.78 is 24.4. The molecule has 2 aromatic carbocycles. The molecule has 0 unspecified atom stereocenters. The lowest BCUT2D eigenvalue weighted by molar-refractivity contribution is 0.230. The van der Waals surface area contributed by atoms with Crippen molar-refractivity contribution in [3.05, 3.63) is 60.8 Å². The topological polar surface area (TPSA) is 60.5 Å². The Morgan fingerprint density at radius 2 is 1.60 bits per heavy atom. The minimum Gasteiger partial charge on any atom is -0.354 e. The third-order valence-electron chi connectivity index (χ3n) is 3.69. The van der Waals surface area contributed by atoms with Crippen LogP contribution >= 0.6 is 7.60 Å². The third kappa shape index (κ3) is 3.74. The molecule has 3 aromatic rings. The summed E-state index contributed by atoms with van der Waals surface area (Å²) in [6.45, 7) is 4.17. The van der Waals surface area contributed by atoms with Gasteiger partial charge in [-0.15, -0.1) is 0 Å². The molecule has 25 heavy (non-hydrogen) atoms. The Hall–Kier alpha value is -2.20. The van der Waals surface area contributed by atoms with E-state index in [2.05, 4.69) is 10.3 Å². The first-order chi connectivity index (χ1) is 12.2. The zero-order chi connectivity index (χ0) is 17.7. The van der Waals surface area contributed by atoms with Crippen molar-refractivity contribution in [2.24, 2.45) is 0 Å².